The predicted octanol–water partition coefficient (Wildman–Crippen LogP) is 2.70. The fraction of sp³-hybridized carbons (Fsp3) is 0.278. The van der Waals surface area contributed by atoms with Crippen molar-refractivity contribution in [3.05, 3.63) is 41.3 Å². The molecule has 3 rings (SSSR count). The van der Waals surface area contributed by atoms with Crippen molar-refractivity contribution in [3.8, 4) is 22.8 Å². The molecule has 3 aromatic rings. The number of aryl methyl sites for hydroxylation is 2. The van der Waals surface area contributed by atoms with Gasteiger partial charge in [-0.25, -0.2) is 0 Å². The minimum Gasteiger partial charge on any atom is -0.497 e. The normalized spacial score (nSPS) is 10.7. The van der Waals surface area contributed by atoms with E-state index in [-0.39, 0.29) is 5.91 Å². The van der Waals surface area contributed by atoms with E-state index in [9.17, 15) is 4.79 Å². The highest BCUT2D eigenvalue weighted by atomic mass is 16.5. The number of nitrogens with one attached hydrogen (secondary N) is 2. The summed E-state index contributed by atoms with van der Waals surface area (Å²) in [6.07, 6.45) is 0. The molecule has 0 atom stereocenters. The summed E-state index contributed by atoms with van der Waals surface area (Å²) >= 11 is 0. The summed E-state index contributed by atoms with van der Waals surface area (Å²) in [5.74, 6) is 0.842. The van der Waals surface area contributed by atoms with E-state index in [1.807, 2.05) is 20.9 Å². The average Bonchev–Trinajstić information content (AvgIpc) is 3.20. The first-order valence-corrected chi connectivity index (χ1v) is 8.04. The molecule has 2 heterocycles. The van der Waals surface area contributed by atoms with Crippen LogP contribution in [0.4, 0.5) is 5.69 Å². The molecule has 0 aliphatic rings. The second-order valence-corrected chi connectivity index (χ2v) is 5.86. The van der Waals surface area contributed by atoms with E-state index in [4.69, 9.17) is 9.47 Å². The van der Waals surface area contributed by atoms with Gasteiger partial charge in [0.25, 0.3) is 5.91 Å². The van der Waals surface area contributed by atoms with E-state index in [2.05, 4.69) is 20.6 Å². The number of benzene rings is 1. The fourth-order valence-corrected chi connectivity index (χ4v) is 2.80. The van der Waals surface area contributed by atoms with Gasteiger partial charge in [-0.15, -0.1) is 0 Å². The van der Waals surface area contributed by atoms with Gasteiger partial charge in [-0.3, -0.25) is 14.6 Å². The average molecular weight is 355 g/mol. The van der Waals surface area contributed by atoms with Crippen LogP contribution in [0.15, 0.2) is 24.3 Å². The van der Waals surface area contributed by atoms with Gasteiger partial charge in [0.15, 0.2) is 0 Å². The smallest absolute Gasteiger partial charge is 0.273 e. The third-order valence-corrected chi connectivity index (χ3v) is 4.24. The maximum absolute atomic E-state index is 12.6. The van der Waals surface area contributed by atoms with Crippen molar-refractivity contribution < 1.29 is 14.3 Å². The van der Waals surface area contributed by atoms with Gasteiger partial charge in [0.1, 0.15) is 17.2 Å². The molecule has 0 aliphatic heterocycles. The van der Waals surface area contributed by atoms with Gasteiger partial charge in [0.2, 0.25) is 0 Å². The molecule has 0 fully saturated rings. The first kappa shape index (κ1) is 17.5. The van der Waals surface area contributed by atoms with E-state index in [1.165, 1.54) is 7.11 Å². The number of methoxy groups -OCH3 is 2. The molecule has 2 aromatic heterocycles. The number of hydrogen-bond acceptors (Lipinski definition) is 5. The minimum atomic E-state index is -0.314. The van der Waals surface area contributed by atoms with E-state index >= 15 is 0 Å². The van der Waals surface area contributed by atoms with Crippen LogP contribution in [0.25, 0.3) is 11.3 Å². The topological polar surface area (TPSA) is 94.1 Å². The first-order valence-electron chi connectivity index (χ1n) is 8.04. The summed E-state index contributed by atoms with van der Waals surface area (Å²) in [5.41, 5.74) is 4.34. The Morgan fingerprint density at radius 1 is 1.19 bits per heavy atom. The quantitative estimate of drug-likeness (QED) is 0.734. The van der Waals surface area contributed by atoms with Gasteiger partial charge in [-0.05, 0) is 32.0 Å². The van der Waals surface area contributed by atoms with Gasteiger partial charge >= 0.3 is 0 Å². The maximum atomic E-state index is 12.6. The molecular formula is C18H21N5O3. The molecule has 8 heteroatoms. The monoisotopic (exact) mass is 355 g/mol. The summed E-state index contributed by atoms with van der Waals surface area (Å²) in [4.78, 5) is 12.6. The summed E-state index contributed by atoms with van der Waals surface area (Å²) in [6.45, 7) is 3.88. The summed E-state index contributed by atoms with van der Waals surface area (Å²) in [7, 11) is 4.98. The van der Waals surface area contributed by atoms with E-state index in [1.54, 1.807) is 36.1 Å². The van der Waals surface area contributed by atoms with Crippen LogP contribution in [0.1, 0.15) is 21.9 Å². The third-order valence-electron chi connectivity index (χ3n) is 4.24. The highest BCUT2D eigenvalue weighted by Crippen LogP contribution is 2.30. The van der Waals surface area contributed by atoms with Crippen LogP contribution >= 0.6 is 0 Å². The largest absolute Gasteiger partial charge is 0.497 e. The fourth-order valence-electron chi connectivity index (χ4n) is 2.80. The van der Waals surface area contributed by atoms with Gasteiger partial charge < -0.3 is 14.8 Å². The van der Waals surface area contributed by atoms with Crippen molar-refractivity contribution in [2.45, 2.75) is 13.8 Å². The number of amides is 1. The second-order valence-electron chi connectivity index (χ2n) is 5.86. The van der Waals surface area contributed by atoms with E-state index in [0.29, 0.717) is 28.6 Å². The Kier molecular flexibility index (Phi) is 4.66. The Balaban J connectivity index is 1.85. The number of anilines is 1. The Labute approximate surface area is 151 Å². The van der Waals surface area contributed by atoms with Gasteiger partial charge in [0.05, 0.1) is 31.3 Å². The predicted molar refractivity (Wildman–Crippen MR) is 97.8 cm³/mol. The molecule has 0 radical (unpaired) electrons. The minimum absolute atomic E-state index is 0.314. The van der Waals surface area contributed by atoms with Crippen LogP contribution in [0, 0.1) is 13.8 Å². The Morgan fingerprint density at radius 3 is 2.58 bits per heavy atom. The van der Waals surface area contributed by atoms with Crippen molar-refractivity contribution in [2.24, 2.45) is 7.05 Å². The number of hydrogen-bond donors (Lipinski definition) is 2. The third kappa shape index (κ3) is 3.13. The molecule has 0 unspecified atom stereocenters. The second kappa shape index (κ2) is 6.91. The number of carbonyl (C=O) groups is 1. The summed E-state index contributed by atoms with van der Waals surface area (Å²) < 4.78 is 12.3. The van der Waals surface area contributed by atoms with Gasteiger partial charge in [0, 0.05) is 24.4 Å². The van der Waals surface area contributed by atoms with Crippen LogP contribution in [0.2, 0.25) is 0 Å². The number of nitrogens with zero attached hydrogens (tertiary/aromatic N) is 3. The van der Waals surface area contributed by atoms with Crippen LogP contribution in [0.3, 0.4) is 0 Å². The van der Waals surface area contributed by atoms with Crippen molar-refractivity contribution in [3.63, 3.8) is 0 Å². The summed E-state index contributed by atoms with van der Waals surface area (Å²) in [6, 6.07) is 6.89. The lowest BCUT2D eigenvalue weighted by molar-refractivity contribution is 0.102. The van der Waals surface area contributed by atoms with Crippen molar-refractivity contribution in [2.75, 3.05) is 19.5 Å². The molecule has 0 saturated heterocycles. The lowest BCUT2D eigenvalue weighted by Crippen LogP contribution is -2.13. The maximum Gasteiger partial charge on any atom is 0.273 e. The SMILES string of the molecule is COc1ccc(NC(=O)c2cc(-c3c(C)nn(C)c3C)n[nH]2)c(OC)c1. The first-order chi connectivity index (χ1) is 12.4. The summed E-state index contributed by atoms with van der Waals surface area (Å²) in [5, 5.41) is 14.2. The zero-order valence-electron chi connectivity index (χ0n) is 15.4. The number of H-pyrrole nitrogens is 1. The molecule has 8 nitrogen and oxygen atoms in total. The molecule has 0 bridgehead atoms. The zero-order valence-corrected chi connectivity index (χ0v) is 15.4. The number of carbonyl (C=O) groups excluding carboxylic acids is 1. The van der Waals surface area contributed by atoms with Crippen molar-refractivity contribution >= 4 is 11.6 Å². The molecule has 136 valence electrons. The van der Waals surface area contributed by atoms with Crippen LogP contribution in [-0.2, 0) is 7.05 Å². The number of ether oxygens (including phenoxy) is 2. The Hall–Kier alpha value is -3.29. The van der Waals surface area contributed by atoms with E-state index in [0.717, 1.165) is 17.0 Å². The van der Waals surface area contributed by atoms with E-state index < -0.39 is 0 Å². The molecular weight excluding hydrogens is 334 g/mol. The van der Waals surface area contributed by atoms with Crippen molar-refractivity contribution in [1.29, 1.82) is 0 Å². The van der Waals surface area contributed by atoms with Gasteiger partial charge in [-0.1, -0.05) is 0 Å². The molecule has 2 N–H and O–H groups in total. The highest BCUT2D eigenvalue weighted by molar-refractivity contribution is 6.04. The van der Waals surface area contributed by atoms with Crippen LogP contribution in [0.5, 0.6) is 11.5 Å². The lowest BCUT2D eigenvalue weighted by atomic mass is 10.1. The molecule has 0 spiro atoms. The molecule has 26 heavy (non-hydrogen) atoms. The molecule has 0 saturated carbocycles. The number of rotatable bonds is 5. The Morgan fingerprint density at radius 2 is 1.96 bits per heavy atom. The van der Waals surface area contributed by atoms with Crippen LogP contribution in [-0.4, -0.2) is 40.1 Å². The van der Waals surface area contributed by atoms with Gasteiger partial charge in [-0.2, -0.15) is 10.2 Å². The Bertz CT molecular complexity index is 958. The number of aromatic nitrogens is 4. The lowest BCUT2D eigenvalue weighted by Gasteiger charge is -2.10. The molecule has 1 amide bonds. The van der Waals surface area contributed by atoms with Crippen LogP contribution < -0.4 is 14.8 Å². The standard InChI is InChI=1S/C18H21N5O3/c1-10-17(11(2)23(3)22-10)14-9-15(21-20-14)18(24)19-13-7-6-12(25-4)8-16(13)26-5/h6-9H,1-5H3,(H,19,24)(H,20,21). The highest BCUT2D eigenvalue weighted by Gasteiger charge is 2.18. The molecule has 0 aliphatic carbocycles. The molecule has 1 aromatic carbocycles. The number of aromatic amines is 1. The van der Waals surface area contributed by atoms with Crippen molar-refractivity contribution in [1.82, 2.24) is 20.0 Å². The zero-order chi connectivity index (χ0) is 18.8.